The Kier molecular flexibility index (Phi) is 14.0. The first-order valence-corrected chi connectivity index (χ1v) is 25.3. The molecule has 2 aromatic heterocycles. The molecule has 2 aliphatic rings. The minimum absolute atomic E-state index is 0.0631. The highest BCUT2D eigenvalue weighted by Crippen LogP contribution is 2.43. The number of benzene rings is 6. The SMILES string of the molecule is CON=C(C(=O)NC1C(=O)N2C(C(=O)OC(c3ccccc3)c3ccccc3)=C(C=CSc3nnc(-c4ccccc4)o3)CSC12)c1csc(NC(c2ccccc2)(c2ccccc2)c2ccccc2)n1. The van der Waals surface area contributed by atoms with E-state index in [9.17, 15) is 14.4 Å². The van der Waals surface area contributed by atoms with Crippen LogP contribution in [0, 0.1) is 0 Å². The second-order valence-electron chi connectivity index (χ2n) is 16.1. The van der Waals surface area contributed by atoms with Crippen molar-refractivity contribution in [2.24, 2.45) is 5.16 Å². The van der Waals surface area contributed by atoms with Crippen LogP contribution in [0.15, 0.2) is 225 Å². The number of carbonyl (C=O) groups is 3. The summed E-state index contributed by atoms with van der Waals surface area (Å²) in [5.41, 5.74) is 5.05. The van der Waals surface area contributed by atoms with E-state index in [1.165, 1.54) is 46.9 Å². The molecule has 0 radical (unpaired) electrons. The zero-order chi connectivity index (χ0) is 48.6. The normalized spacial score (nSPS) is 15.8. The van der Waals surface area contributed by atoms with Crippen LogP contribution in [0.2, 0.25) is 0 Å². The van der Waals surface area contributed by atoms with Gasteiger partial charge >= 0.3 is 5.97 Å². The highest BCUT2D eigenvalue weighted by Gasteiger charge is 2.55. The van der Waals surface area contributed by atoms with E-state index in [0.717, 1.165) is 33.4 Å². The number of hydrogen-bond acceptors (Lipinski definition) is 14. The summed E-state index contributed by atoms with van der Waals surface area (Å²) in [5, 5.41) is 22.7. The van der Waals surface area contributed by atoms with Gasteiger partial charge in [0.05, 0.1) is 0 Å². The van der Waals surface area contributed by atoms with E-state index in [4.69, 9.17) is 19.0 Å². The Morgan fingerprint density at radius 1 is 0.789 bits per heavy atom. The molecule has 8 aromatic rings. The van der Waals surface area contributed by atoms with Gasteiger partial charge in [0.1, 0.15) is 35.5 Å². The first kappa shape index (κ1) is 46.7. The van der Waals surface area contributed by atoms with E-state index in [2.05, 4.69) is 62.4 Å². The van der Waals surface area contributed by atoms with Crippen LogP contribution in [0.25, 0.3) is 11.5 Å². The monoisotopic (exact) mass is 993 g/mol. The highest BCUT2D eigenvalue weighted by molar-refractivity contribution is 8.02. The maximum absolute atomic E-state index is 14.7. The number of anilines is 1. The van der Waals surface area contributed by atoms with Crippen LogP contribution < -0.4 is 10.6 Å². The van der Waals surface area contributed by atoms with E-state index in [-0.39, 0.29) is 17.1 Å². The van der Waals surface area contributed by atoms with E-state index in [1.54, 1.807) is 16.9 Å². The number of aromatic nitrogens is 3. The number of hydrogen-bond donors (Lipinski definition) is 2. The van der Waals surface area contributed by atoms with Gasteiger partial charge in [0.25, 0.3) is 17.0 Å². The lowest BCUT2D eigenvalue weighted by Gasteiger charge is -2.49. The molecule has 0 aliphatic carbocycles. The Morgan fingerprint density at radius 2 is 1.34 bits per heavy atom. The van der Waals surface area contributed by atoms with Crippen LogP contribution in [0.1, 0.15) is 39.6 Å². The van der Waals surface area contributed by atoms with Crippen molar-refractivity contribution < 1.29 is 28.4 Å². The summed E-state index contributed by atoms with van der Waals surface area (Å²) >= 11 is 3.88. The second kappa shape index (κ2) is 21.3. The molecule has 2 amide bonds. The highest BCUT2D eigenvalue weighted by atomic mass is 32.2. The smallest absolute Gasteiger partial charge is 0.356 e. The molecule has 4 heterocycles. The van der Waals surface area contributed by atoms with Gasteiger partial charge in [-0.1, -0.05) is 175 Å². The molecule has 2 unspecified atom stereocenters. The summed E-state index contributed by atoms with van der Waals surface area (Å²) in [6.45, 7) is 0. The van der Waals surface area contributed by atoms with Crippen molar-refractivity contribution in [3.63, 3.8) is 0 Å². The summed E-state index contributed by atoms with van der Waals surface area (Å²) in [6.07, 6.45) is 0.963. The third kappa shape index (κ3) is 9.77. The molecule has 10 rings (SSSR count). The third-order valence-electron chi connectivity index (χ3n) is 11.8. The average Bonchev–Trinajstić information content (AvgIpc) is 4.11. The molecule has 16 heteroatoms. The fourth-order valence-electron chi connectivity index (χ4n) is 8.52. The summed E-state index contributed by atoms with van der Waals surface area (Å²) < 4.78 is 12.3. The maximum Gasteiger partial charge on any atom is 0.356 e. The number of fused-ring (bicyclic) bond motifs is 1. The molecule has 0 spiro atoms. The Bertz CT molecular complexity index is 3090. The topological polar surface area (TPSA) is 161 Å². The number of ether oxygens (including phenoxy) is 1. The predicted molar refractivity (Wildman–Crippen MR) is 276 cm³/mol. The number of thioether (sulfide) groups is 2. The first-order chi connectivity index (χ1) is 34.9. The molecule has 1 saturated heterocycles. The summed E-state index contributed by atoms with van der Waals surface area (Å²) in [4.78, 5) is 54.9. The standard InChI is InChI=1S/C55H43N7O6S3/c1-66-61-44(43-35-71-53(56-43)58-55(40-26-14-5-15-27-40,41-28-16-6-17-29-41)42-30-18-7-19-31-42)48(63)57-45-50(64)62-46(52(65)67-47(36-20-8-2-9-21-36)37-22-10-3-11-23-37)39(34-70-51(45)62)32-33-69-54-60-59-49(68-54)38-24-12-4-13-25-38/h2-33,35,45,47,51H,34H2,1H3,(H,56,58)(H,57,63). The fraction of sp³-hybridized carbons (Fsp3) is 0.109. The van der Waals surface area contributed by atoms with Crippen molar-refractivity contribution in [2.75, 3.05) is 18.2 Å². The van der Waals surface area contributed by atoms with Crippen molar-refractivity contribution in [2.45, 2.75) is 28.3 Å². The minimum atomic E-state index is -1.02. The molecule has 6 aromatic carbocycles. The minimum Gasteiger partial charge on any atom is -0.448 e. The van der Waals surface area contributed by atoms with Crippen LogP contribution in [0.4, 0.5) is 5.13 Å². The summed E-state index contributed by atoms with van der Waals surface area (Å²) in [5.74, 6) is -1.22. The maximum atomic E-state index is 14.7. The predicted octanol–water partition coefficient (Wildman–Crippen LogP) is 10.2. The van der Waals surface area contributed by atoms with Gasteiger partial charge < -0.3 is 24.6 Å². The van der Waals surface area contributed by atoms with Crippen molar-refractivity contribution in [3.8, 4) is 11.5 Å². The number of esters is 1. The zero-order valence-electron chi connectivity index (χ0n) is 37.9. The van der Waals surface area contributed by atoms with Crippen LogP contribution >= 0.6 is 34.9 Å². The van der Waals surface area contributed by atoms with Crippen LogP contribution in [0.5, 0.6) is 0 Å². The molecule has 352 valence electrons. The Balaban J connectivity index is 0.919. The number of nitrogens with zero attached hydrogens (tertiary/aromatic N) is 5. The van der Waals surface area contributed by atoms with Crippen LogP contribution in [-0.4, -0.2) is 67.9 Å². The van der Waals surface area contributed by atoms with Gasteiger partial charge in [-0.3, -0.25) is 14.5 Å². The number of β-lactam (4-membered cyclic amide) rings is 1. The van der Waals surface area contributed by atoms with Crippen LogP contribution in [-0.2, 0) is 29.5 Å². The number of thiazole rings is 1. The molecular weight excluding hydrogens is 951 g/mol. The Hall–Kier alpha value is -8.05. The third-order valence-corrected chi connectivity index (χ3v) is 14.5. The van der Waals surface area contributed by atoms with Gasteiger partial charge in [-0.2, -0.15) is 0 Å². The van der Waals surface area contributed by atoms with Gasteiger partial charge in [0, 0.05) is 16.7 Å². The quantitative estimate of drug-likeness (QED) is 0.0222. The first-order valence-electron chi connectivity index (χ1n) is 22.4. The van der Waals surface area contributed by atoms with Gasteiger partial charge in [0.15, 0.2) is 16.9 Å². The average molecular weight is 994 g/mol. The summed E-state index contributed by atoms with van der Waals surface area (Å²) in [6, 6.07) is 57.5. The van der Waals surface area contributed by atoms with E-state index >= 15 is 0 Å². The number of allylic oxidation sites excluding steroid dienone is 1. The number of carbonyl (C=O) groups excluding carboxylic acids is 3. The largest absolute Gasteiger partial charge is 0.448 e. The zero-order valence-corrected chi connectivity index (χ0v) is 40.4. The van der Waals surface area contributed by atoms with E-state index in [1.807, 2.05) is 146 Å². The van der Waals surface area contributed by atoms with Crippen molar-refractivity contribution >= 4 is 63.5 Å². The van der Waals surface area contributed by atoms with Gasteiger partial charge in [-0.25, -0.2) is 9.78 Å². The lowest BCUT2D eigenvalue weighted by molar-refractivity contribution is -0.154. The Labute approximate surface area is 421 Å². The van der Waals surface area contributed by atoms with Gasteiger partial charge in [-0.05, 0) is 68.8 Å². The molecule has 2 aliphatic heterocycles. The molecular formula is C55H43N7O6S3. The van der Waals surface area contributed by atoms with Crippen LogP contribution in [0.3, 0.4) is 0 Å². The van der Waals surface area contributed by atoms with E-state index in [0.29, 0.717) is 27.6 Å². The van der Waals surface area contributed by atoms with Gasteiger partial charge in [0.2, 0.25) is 5.89 Å². The number of oxime groups is 1. The summed E-state index contributed by atoms with van der Waals surface area (Å²) in [7, 11) is 1.34. The lowest BCUT2D eigenvalue weighted by Crippen LogP contribution is -2.71. The van der Waals surface area contributed by atoms with Gasteiger partial charge in [-0.15, -0.1) is 33.3 Å². The molecule has 0 saturated carbocycles. The number of amides is 2. The van der Waals surface area contributed by atoms with Crippen molar-refractivity contribution in [3.05, 3.63) is 244 Å². The molecule has 2 N–H and O–H groups in total. The number of rotatable bonds is 17. The Morgan fingerprint density at radius 3 is 1.90 bits per heavy atom. The molecule has 1 fully saturated rings. The van der Waals surface area contributed by atoms with E-state index < -0.39 is 40.8 Å². The fourth-order valence-corrected chi connectivity index (χ4v) is 11.2. The number of nitrogens with one attached hydrogen (secondary N) is 2. The molecule has 71 heavy (non-hydrogen) atoms. The van der Waals surface area contributed by atoms with Crippen molar-refractivity contribution in [1.82, 2.24) is 25.4 Å². The van der Waals surface area contributed by atoms with Crippen molar-refractivity contribution in [1.29, 1.82) is 0 Å². The molecule has 13 nitrogen and oxygen atoms in total. The molecule has 2 atom stereocenters. The lowest BCUT2D eigenvalue weighted by atomic mass is 9.77. The molecule has 0 bridgehead atoms. The second-order valence-corrected chi connectivity index (χ2v) is 19.0.